The molecule has 3 nitrogen and oxygen atoms in total. The van der Waals surface area contributed by atoms with Crippen LogP contribution in [0.4, 0.5) is 0 Å². The Hall–Kier alpha value is -3.46. The van der Waals surface area contributed by atoms with Crippen molar-refractivity contribution in [3.63, 3.8) is 0 Å². The van der Waals surface area contributed by atoms with Gasteiger partial charge in [-0.05, 0) is 12.1 Å². The molecule has 0 aliphatic rings. The van der Waals surface area contributed by atoms with Crippen molar-refractivity contribution in [3.8, 4) is 22.5 Å². The van der Waals surface area contributed by atoms with Gasteiger partial charge in [0.05, 0.1) is 12.5 Å². The van der Waals surface area contributed by atoms with Crippen LogP contribution in [-0.2, 0) is 0 Å². The lowest BCUT2D eigenvalue weighted by atomic mass is 10.0. The Morgan fingerprint density at radius 2 is 1.00 bits per heavy atom. The summed E-state index contributed by atoms with van der Waals surface area (Å²) in [6.45, 7) is 0. The van der Waals surface area contributed by atoms with Gasteiger partial charge in [0.15, 0.2) is 0 Å². The highest BCUT2D eigenvalue weighted by Crippen LogP contribution is 2.30. The van der Waals surface area contributed by atoms with Crippen LogP contribution in [0.5, 0.6) is 0 Å². The monoisotopic (exact) mass is 324 g/mol. The molecule has 3 heteroatoms. The molecule has 4 aromatic rings. The largest absolute Gasteiger partial charge is 0.473 e. The van der Waals surface area contributed by atoms with Crippen molar-refractivity contribution in [2.24, 2.45) is 0 Å². The van der Waals surface area contributed by atoms with Crippen LogP contribution in [0.3, 0.4) is 0 Å². The summed E-state index contributed by atoms with van der Waals surface area (Å²) in [5, 5.41) is 11.1. The molecule has 0 aliphatic heterocycles. The fourth-order valence-corrected chi connectivity index (χ4v) is 2.81. The Morgan fingerprint density at radius 3 is 1.60 bits per heavy atom. The van der Waals surface area contributed by atoms with Gasteiger partial charge in [0.2, 0.25) is 0 Å². The molecule has 2 aromatic carbocycles. The number of aromatic nitrogens is 2. The first-order chi connectivity index (χ1) is 12.4. The van der Waals surface area contributed by atoms with E-state index in [1.807, 2.05) is 84.9 Å². The van der Waals surface area contributed by atoms with Crippen LogP contribution in [0, 0.1) is 0 Å². The average Bonchev–Trinajstić information content (AvgIpc) is 2.81. The second-order valence-electron chi connectivity index (χ2n) is 5.58. The van der Waals surface area contributed by atoms with Gasteiger partial charge in [0.25, 0.3) is 0 Å². The number of rotatable bonds is 2. The Morgan fingerprint density at radius 1 is 0.480 bits per heavy atom. The SMILES string of the molecule is c1ccc(-c2nnc(-c3ccccc3)c3ccoccccc23)cc1. The number of hydrogen-bond donors (Lipinski definition) is 0. The van der Waals surface area contributed by atoms with E-state index in [-0.39, 0.29) is 0 Å². The standard InChI is InChI=1S/C22H16N2O/c1-3-9-17(10-4-1)21-19-13-7-8-15-25-16-14-20(19)22(24-23-21)18-11-5-2-6-12-18/h1-16H. The summed E-state index contributed by atoms with van der Waals surface area (Å²) >= 11 is 0. The van der Waals surface area contributed by atoms with Gasteiger partial charge < -0.3 is 4.42 Å². The van der Waals surface area contributed by atoms with Crippen LogP contribution in [-0.4, -0.2) is 10.2 Å². The molecule has 2 aromatic heterocycles. The first-order valence-electron chi connectivity index (χ1n) is 8.10. The molecule has 0 bridgehead atoms. The third-order valence-electron chi connectivity index (χ3n) is 3.99. The summed E-state index contributed by atoms with van der Waals surface area (Å²) < 4.78 is 5.39. The van der Waals surface area contributed by atoms with Crippen LogP contribution < -0.4 is 0 Å². The van der Waals surface area contributed by atoms with Crippen molar-refractivity contribution < 1.29 is 4.42 Å². The van der Waals surface area contributed by atoms with Gasteiger partial charge in [-0.1, -0.05) is 72.8 Å². The Balaban J connectivity index is 2.10. The summed E-state index contributed by atoms with van der Waals surface area (Å²) in [4.78, 5) is 0. The third-order valence-corrected chi connectivity index (χ3v) is 3.99. The lowest BCUT2D eigenvalue weighted by Gasteiger charge is -2.08. The molecule has 0 unspecified atom stereocenters. The molecule has 0 aliphatic carbocycles. The molecule has 120 valence electrons. The molecular weight excluding hydrogens is 308 g/mol. The topological polar surface area (TPSA) is 38.9 Å². The van der Waals surface area contributed by atoms with Gasteiger partial charge >= 0.3 is 0 Å². The molecule has 0 fully saturated rings. The van der Waals surface area contributed by atoms with Crippen LogP contribution >= 0.6 is 0 Å². The van der Waals surface area contributed by atoms with Crippen molar-refractivity contribution in [1.82, 2.24) is 10.2 Å². The normalized spacial score (nSPS) is 10.4. The minimum absolute atomic E-state index is 0.835. The van der Waals surface area contributed by atoms with E-state index in [2.05, 4.69) is 10.2 Å². The zero-order chi connectivity index (χ0) is 16.9. The Bertz CT molecular complexity index is 955. The number of nitrogens with zero attached hydrogens (tertiary/aromatic N) is 2. The summed E-state index contributed by atoms with van der Waals surface area (Å²) in [5.74, 6) is 0. The van der Waals surface area contributed by atoms with E-state index in [9.17, 15) is 0 Å². The second-order valence-corrected chi connectivity index (χ2v) is 5.58. The lowest BCUT2D eigenvalue weighted by Crippen LogP contribution is -1.93. The lowest BCUT2D eigenvalue weighted by molar-refractivity contribution is 0.555. The minimum Gasteiger partial charge on any atom is -0.473 e. The second kappa shape index (κ2) is 6.97. The molecule has 0 saturated carbocycles. The quantitative estimate of drug-likeness (QED) is 0.476. The number of benzene rings is 2. The predicted octanol–water partition coefficient (Wildman–Crippen LogP) is 5.68. The van der Waals surface area contributed by atoms with Crippen LogP contribution in [0.2, 0.25) is 0 Å². The zero-order valence-electron chi connectivity index (χ0n) is 13.5. The van der Waals surface area contributed by atoms with Gasteiger partial charge in [0, 0.05) is 21.9 Å². The first kappa shape index (κ1) is 15.1. The van der Waals surface area contributed by atoms with Gasteiger partial charge in [-0.3, -0.25) is 0 Å². The highest BCUT2D eigenvalue weighted by molar-refractivity contribution is 6.00. The zero-order valence-corrected chi connectivity index (χ0v) is 13.5. The average molecular weight is 324 g/mol. The predicted molar refractivity (Wildman–Crippen MR) is 100 cm³/mol. The molecule has 0 amide bonds. The fourth-order valence-electron chi connectivity index (χ4n) is 2.81. The van der Waals surface area contributed by atoms with E-state index < -0.39 is 0 Å². The van der Waals surface area contributed by atoms with Crippen LogP contribution in [0.1, 0.15) is 0 Å². The molecule has 0 spiro atoms. The van der Waals surface area contributed by atoms with E-state index in [0.717, 1.165) is 33.3 Å². The molecule has 0 N–H and O–H groups in total. The van der Waals surface area contributed by atoms with Crippen molar-refractivity contribution in [2.45, 2.75) is 0 Å². The van der Waals surface area contributed by atoms with Crippen LogP contribution in [0.25, 0.3) is 33.3 Å². The van der Waals surface area contributed by atoms with Gasteiger partial charge in [-0.25, -0.2) is 0 Å². The van der Waals surface area contributed by atoms with Crippen molar-refractivity contribution >= 4 is 10.8 Å². The van der Waals surface area contributed by atoms with E-state index in [1.165, 1.54) is 0 Å². The summed E-state index contributed by atoms with van der Waals surface area (Å²) in [6, 6.07) is 28.0. The summed E-state index contributed by atoms with van der Waals surface area (Å²) in [7, 11) is 0. The third kappa shape index (κ3) is 3.12. The van der Waals surface area contributed by atoms with E-state index in [0.29, 0.717) is 0 Å². The smallest absolute Gasteiger partial charge is 0.101 e. The minimum atomic E-state index is 0.835. The summed E-state index contributed by atoms with van der Waals surface area (Å²) in [6.07, 6.45) is 3.31. The fraction of sp³-hybridized carbons (Fsp3) is 0. The molecular formula is C22H16N2O. The molecule has 25 heavy (non-hydrogen) atoms. The maximum atomic E-state index is 5.39. The van der Waals surface area contributed by atoms with Crippen molar-refractivity contribution in [3.05, 3.63) is 97.5 Å². The van der Waals surface area contributed by atoms with E-state index in [1.54, 1.807) is 12.5 Å². The van der Waals surface area contributed by atoms with Crippen molar-refractivity contribution in [1.29, 1.82) is 0 Å². The van der Waals surface area contributed by atoms with Crippen molar-refractivity contribution in [2.75, 3.05) is 0 Å². The summed E-state index contributed by atoms with van der Waals surface area (Å²) in [5.41, 5.74) is 3.75. The highest BCUT2D eigenvalue weighted by atomic mass is 16.3. The van der Waals surface area contributed by atoms with Gasteiger partial charge in [-0.15, -0.1) is 10.2 Å². The molecule has 0 atom stereocenters. The van der Waals surface area contributed by atoms with E-state index in [4.69, 9.17) is 4.42 Å². The maximum Gasteiger partial charge on any atom is 0.101 e. The van der Waals surface area contributed by atoms with Gasteiger partial charge in [-0.2, -0.15) is 0 Å². The maximum absolute atomic E-state index is 5.39. The highest BCUT2D eigenvalue weighted by Gasteiger charge is 2.11. The number of hydrogen-bond acceptors (Lipinski definition) is 3. The van der Waals surface area contributed by atoms with Gasteiger partial charge in [0.1, 0.15) is 11.4 Å². The molecule has 0 saturated heterocycles. The molecule has 4 rings (SSSR count). The van der Waals surface area contributed by atoms with Crippen LogP contribution in [0.15, 0.2) is 102 Å². The van der Waals surface area contributed by atoms with E-state index >= 15 is 0 Å². The Labute approximate surface area is 145 Å². The Kier molecular flexibility index (Phi) is 4.21. The first-order valence-corrected chi connectivity index (χ1v) is 8.10. The number of fused-ring (bicyclic) bond motifs is 1. The molecule has 2 heterocycles. The molecule has 0 radical (unpaired) electrons.